The van der Waals surface area contributed by atoms with Crippen molar-refractivity contribution in [3.8, 4) is 0 Å². The van der Waals surface area contributed by atoms with Crippen molar-refractivity contribution in [2.24, 2.45) is 5.92 Å². The summed E-state index contributed by atoms with van der Waals surface area (Å²) in [6, 6.07) is 8.42. The second kappa shape index (κ2) is 7.32. The summed E-state index contributed by atoms with van der Waals surface area (Å²) in [5.41, 5.74) is 2.41. The molecule has 1 fully saturated rings. The van der Waals surface area contributed by atoms with Gasteiger partial charge in [0.05, 0.1) is 6.10 Å². The van der Waals surface area contributed by atoms with E-state index in [2.05, 4.69) is 52.0 Å². The molecule has 7 heteroatoms. The van der Waals surface area contributed by atoms with Crippen LogP contribution >= 0.6 is 0 Å². The summed E-state index contributed by atoms with van der Waals surface area (Å²) in [4.78, 5) is 12.0. The van der Waals surface area contributed by atoms with E-state index in [0.717, 1.165) is 19.4 Å². The van der Waals surface area contributed by atoms with Crippen molar-refractivity contribution in [3.05, 3.63) is 41.7 Å². The lowest BCUT2D eigenvalue weighted by Crippen LogP contribution is -2.36. The average Bonchev–Trinajstić information content (AvgIpc) is 3.07. The molecule has 1 aromatic carbocycles. The first-order valence-corrected chi connectivity index (χ1v) is 7.88. The van der Waals surface area contributed by atoms with Gasteiger partial charge in [0.2, 0.25) is 5.91 Å². The van der Waals surface area contributed by atoms with E-state index in [9.17, 15) is 4.79 Å². The molecule has 2 heterocycles. The van der Waals surface area contributed by atoms with Crippen LogP contribution in [0.3, 0.4) is 0 Å². The van der Waals surface area contributed by atoms with Gasteiger partial charge in [-0.05, 0) is 35.8 Å². The molecule has 2 aromatic rings. The minimum Gasteiger partial charge on any atom is -0.373 e. The van der Waals surface area contributed by atoms with Gasteiger partial charge >= 0.3 is 0 Å². The zero-order valence-corrected chi connectivity index (χ0v) is 13.2. The second-order valence-corrected chi connectivity index (χ2v) is 5.92. The maximum Gasteiger partial charge on any atom is 0.241 e. The predicted octanol–water partition coefficient (Wildman–Crippen LogP) is 1.27. The lowest BCUT2D eigenvalue weighted by atomic mass is 9.89. The lowest BCUT2D eigenvalue weighted by Gasteiger charge is -2.32. The maximum absolute atomic E-state index is 12.0. The van der Waals surface area contributed by atoms with Crippen LogP contribution in [0.2, 0.25) is 0 Å². The Kier molecular flexibility index (Phi) is 4.97. The first kappa shape index (κ1) is 15.6. The van der Waals surface area contributed by atoms with Gasteiger partial charge in [0.15, 0.2) is 0 Å². The van der Waals surface area contributed by atoms with Crippen LogP contribution in [-0.4, -0.2) is 39.3 Å². The number of hydrogen-bond acceptors (Lipinski definition) is 5. The summed E-state index contributed by atoms with van der Waals surface area (Å²) >= 11 is 0. The van der Waals surface area contributed by atoms with Crippen molar-refractivity contribution in [2.45, 2.75) is 32.4 Å². The first-order chi connectivity index (χ1) is 11.2. The highest BCUT2D eigenvalue weighted by Gasteiger charge is 2.27. The molecular formula is C16H21N5O2. The molecule has 7 nitrogen and oxygen atoms in total. The van der Waals surface area contributed by atoms with Gasteiger partial charge in [-0.2, -0.15) is 0 Å². The van der Waals surface area contributed by atoms with Gasteiger partial charge in [0, 0.05) is 19.1 Å². The number of carbonyl (C=O) groups excluding carboxylic acids is 1. The molecule has 1 aliphatic heterocycles. The molecule has 1 amide bonds. The minimum absolute atomic E-state index is 0.0395. The number of aryl methyl sites for hydroxylation is 1. The number of tetrazole rings is 1. The number of aromatic nitrogens is 4. The van der Waals surface area contributed by atoms with Crippen molar-refractivity contribution in [1.82, 2.24) is 25.5 Å². The average molecular weight is 315 g/mol. The Balaban J connectivity index is 1.58. The molecule has 1 aromatic heterocycles. The molecule has 122 valence electrons. The molecule has 23 heavy (non-hydrogen) atoms. The van der Waals surface area contributed by atoms with E-state index in [0.29, 0.717) is 6.54 Å². The Labute approximate surface area is 135 Å². The predicted molar refractivity (Wildman–Crippen MR) is 83.4 cm³/mol. The van der Waals surface area contributed by atoms with Crippen molar-refractivity contribution in [2.75, 3.05) is 13.2 Å². The normalized spacial score (nSPS) is 21.1. The third-order valence-corrected chi connectivity index (χ3v) is 4.11. The van der Waals surface area contributed by atoms with Crippen LogP contribution in [-0.2, 0) is 16.1 Å². The molecule has 1 saturated heterocycles. The zero-order chi connectivity index (χ0) is 16.1. The highest BCUT2D eigenvalue weighted by atomic mass is 16.5. The van der Waals surface area contributed by atoms with Gasteiger partial charge < -0.3 is 10.1 Å². The third-order valence-electron chi connectivity index (χ3n) is 4.11. The molecule has 1 aliphatic rings. The molecular weight excluding hydrogens is 294 g/mol. The molecule has 2 atom stereocenters. The highest BCUT2D eigenvalue weighted by Crippen LogP contribution is 2.33. The molecule has 0 spiro atoms. The van der Waals surface area contributed by atoms with E-state index < -0.39 is 0 Å². The number of amides is 1. The summed E-state index contributed by atoms with van der Waals surface area (Å²) < 4.78 is 7.37. The van der Waals surface area contributed by atoms with Crippen LogP contribution in [0, 0.1) is 12.8 Å². The number of rotatable bonds is 5. The number of carbonyl (C=O) groups is 1. The molecule has 0 bridgehead atoms. The van der Waals surface area contributed by atoms with Gasteiger partial charge in [-0.1, -0.05) is 29.8 Å². The van der Waals surface area contributed by atoms with E-state index in [1.165, 1.54) is 22.1 Å². The van der Waals surface area contributed by atoms with Gasteiger partial charge in [0.25, 0.3) is 0 Å². The number of benzene rings is 1. The smallest absolute Gasteiger partial charge is 0.241 e. The van der Waals surface area contributed by atoms with E-state index in [1.807, 2.05) is 0 Å². The standard InChI is InChI=1S/C16H21N5O2/c1-12-4-6-13(7-5-12)16-14(3-2-8-23-16)9-17-15(22)10-21-11-18-19-20-21/h4-7,11,14,16H,2-3,8-10H2,1H3,(H,17,22)/t14-,16-/m1/s1. The fourth-order valence-corrected chi connectivity index (χ4v) is 2.88. The van der Waals surface area contributed by atoms with Crippen LogP contribution in [0.1, 0.15) is 30.1 Å². The van der Waals surface area contributed by atoms with Crippen LogP contribution < -0.4 is 5.32 Å². The minimum atomic E-state index is -0.0921. The van der Waals surface area contributed by atoms with E-state index in [1.54, 1.807) is 0 Å². The molecule has 3 rings (SSSR count). The molecule has 0 saturated carbocycles. The van der Waals surface area contributed by atoms with Crippen molar-refractivity contribution < 1.29 is 9.53 Å². The summed E-state index contributed by atoms with van der Waals surface area (Å²) in [7, 11) is 0. The van der Waals surface area contributed by atoms with Crippen molar-refractivity contribution >= 4 is 5.91 Å². The monoisotopic (exact) mass is 315 g/mol. The summed E-state index contributed by atoms with van der Waals surface area (Å²) in [5, 5.41) is 13.7. The Morgan fingerprint density at radius 3 is 2.96 bits per heavy atom. The topological polar surface area (TPSA) is 81.9 Å². The van der Waals surface area contributed by atoms with Gasteiger partial charge in [-0.25, -0.2) is 4.68 Å². The number of hydrogen-bond donors (Lipinski definition) is 1. The second-order valence-electron chi connectivity index (χ2n) is 5.92. The van der Waals surface area contributed by atoms with Crippen LogP contribution in [0.25, 0.3) is 0 Å². The largest absolute Gasteiger partial charge is 0.373 e. The van der Waals surface area contributed by atoms with E-state index >= 15 is 0 Å². The molecule has 1 N–H and O–H groups in total. The third kappa shape index (κ3) is 4.13. The van der Waals surface area contributed by atoms with Gasteiger partial charge in [-0.15, -0.1) is 5.10 Å². The van der Waals surface area contributed by atoms with Gasteiger partial charge in [-0.3, -0.25) is 4.79 Å². The molecule has 0 radical (unpaired) electrons. The van der Waals surface area contributed by atoms with E-state index in [-0.39, 0.29) is 24.5 Å². The SMILES string of the molecule is Cc1ccc([C@H]2OCCC[C@@H]2CNC(=O)Cn2cnnn2)cc1. The van der Waals surface area contributed by atoms with Crippen LogP contribution in [0.4, 0.5) is 0 Å². The number of nitrogens with zero attached hydrogens (tertiary/aromatic N) is 4. The molecule has 0 aliphatic carbocycles. The highest BCUT2D eigenvalue weighted by molar-refractivity contribution is 5.75. The Morgan fingerprint density at radius 1 is 1.39 bits per heavy atom. The summed E-state index contributed by atoms with van der Waals surface area (Å²) in [5.74, 6) is 0.190. The van der Waals surface area contributed by atoms with Crippen LogP contribution in [0.5, 0.6) is 0 Å². The molecule has 0 unspecified atom stereocenters. The maximum atomic E-state index is 12.0. The summed E-state index contributed by atoms with van der Waals surface area (Å²) in [6.07, 6.45) is 3.54. The zero-order valence-electron chi connectivity index (χ0n) is 13.2. The quantitative estimate of drug-likeness (QED) is 0.898. The van der Waals surface area contributed by atoms with Crippen molar-refractivity contribution in [1.29, 1.82) is 0 Å². The summed E-state index contributed by atoms with van der Waals surface area (Å²) in [6.45, 7) is 3.57. The van der Waals surface area contributed by atoms with Crippen LogP contribution in [0.15, 0.2) is 30.6 Å². The number of nitrogens with one attached hydrogen (secondary N) is 1. The Hall–Kier alpha value is -2.28. The fourth-order valence-electron chi connectivity index (χ4n) is 2.88. The first-order valence-electron chi connectivity index (χ1n) is 7.88. The fraction of sp³-hybridized carbons (Fsp3) is 0.500. The van der Waals surface area contributed by atoms with Gasteiger partial charge in [0.1, 0.15) is 12.9 Å². The van der Waals surface area contributed by atoms with Crippen molar-refractivity contribution in [3.63, 3.8) is 0 Å². The lowest BCUT2D eigenvalue weighted by molar-refractivity contribution is -0.122. The number of ether oxygens (including phenoxy) is 1. The van der Waals surface area contributed by atoms with E-state index in [4.69, 9.17) is 4.74 Å². The Bertz CT molecular complexity index is 626. The Morgan fingerprint density at radius 2 is 2.22 bits per heavy atom.